The van der Waals surface area contributed by atoms with Crippen molar-refractivity contribution in [1.29, 1.82) is 0 Å². The molecule has 0 atom stereocenters. The van der Waals surface area contributed by atoms with Gasteiger partial charge >= 0.3 is 5.97 Å². The Morgan fingerprint density at radius 3 is 1.40 bits per heavy atom. The first-order valence-corrected chi connectivity index (χ1v) is 24.1. The van der Waals surface area contributed by atoms with Gasteiger partial charge in [-0.25, -0.2) is 0 Å². The number of nitrogens with one attached hydrogen (secondary N) is 1. The van der Waals surface area contributed by atoms with E-state index < -0.39 is 10.9 Å². The Labute approximate surface area is 340 Å². The van der Waals surface area contributed by atoms with Gasteiger partial charge in [0.15, 0.2) is 0 Å². The van der Waals surface area contributed by atoms with Crippen LogP contribution in [0.15, 0.2) is 9.59 Å². The van der Waals surface area contributed by atoms with Crippen LogP contribution in [0.1, 0.15) is 239 Å². The number of hydrogen-bond acceptors (Lipinski definition) is 7. The van der Waals surface area contributed by atoms with Gasteiger partial charge in [0.1, 0.15) is 11.4 Å². The Kier molecular flexibility index (Phi) is 35.0. The molecule has 0 aliphatic rings. The molecule has 0 saturated heterocycles. The summed E-state index contributed by atoms with van der Waals surface area (Å²) in [4.78, 5) is 37.9. The van der Waals surface area contributed by atoms with Crippen LogP contribution in [0.2, 0.25) is 0 Å². The molecule has 1 rings (SSSR count). The fourth-order valence-corrected chi connectivity index (χ4v) is 8.05. The first-order valence-electron chi connectivity index (χ1n) is 24.1. The summed E-state index contributed by atoms with van der Waals surface area (Å²) in [6.07, 6.45) is 43.4. The molecule has 0 unspecified atom stereocenters. The lowest BCUT2D eigenvalue weighted by molar-refractivity contribution is -0.143. The van der Waals surface area contributed by atoms with Crippen LogP contribution < -0.4 is 21.9 Å². The Bertz CT molecular complexity index is 1050. The fourth-order valence-electron chi connectivity index (χ4n) is 8.05. The third-order valence-electron chi connectivity index (χ3n) is 11.8. The van der Waals surface area contributed by atoms with E-state index in [2.05, 4.69) is 31.0 Å². The van der Waals surface area contributed by atoms with E-state index in [1.165, 1.54) is 173 Å². The van der Waals surface area contributed by atoms with Crippen LogP contribution in [-0.4, -0.2) is 43.7 Å². The molecule has 0 heterocycles. The van der Waals surface area contributed by atoms with Crippen LogP contribution in [-0.2, 0) is 9.53 Å². The molecular weight excluding hydrogens is 683 g/mol. The molecule has 322 valence electrons. The highest BCUT2D eigenvalue weighted by Crippen LogP contribution is 2.25. The van der Waals surface area contributed by atoms with Crippen LogP contribution in [0.25, 0.3) is 0 Å². The number of rotatable bonds is 43. The maximum Gasteiger partial charge on any atom is 0.305 e. The second-order valence-corrected chi connectivity index (χ2v) is 17.0. The number of carbonyl (C=O) groups is 1. The van der Waals surface area contributed by atoms with Crippen LogP contribution in [0.4, 0.5) is 11.4 Å². The third-order valence-corrected chi connectivity index (χ3v) is 11.8. The van der Waals surface area contributed by atoms with Gasteiger partial charge in [-0.15, -0.1) is 0 Å². The van der Waals surface area contributed by atoms with Gasteiger partial charge in [-0.3, -0.25) is 14.4 Å². The Hall–Kier alpha value is -1.89. The predicted octanol–water partition coefficient (Wildman–Crippen LogP) is 13.1. The minimum Gasteiger partial charge on any atom is -0.466 e. The molecule has 0 spiro atoms. The molecular formula is C48H91N3O4. The smallest absolute Gasteiger partial charge is 0.305 e. The largest absolute Gasteiger partial charge is 0.466 e. The second kappa shape index (κ2) is 37.7. The normalized spacial score (nSPS) is 11.7. The fraction of sp³-hybridized carbons (Fsp3) is 0.896. The van der Waals surface area contributed by atoms with Crippen molar-refractivity contribution in [1.82, 2.24) is 4.90 Å². The quantitative estimate of drug-likeness (QED) is 0.0387. The van der Waals surface area contributed by atoms with E-state index in [4.69, 9.17) is 10.5 Å². The van der Waals surface area contributed by atoms with E-state index in [0.717, 1.165) is 64.1 Å². The molecule has 0 radical (unpaired) electrons. The molecule has 7 nitrogen and oxygen atoms in total. The second-order valence-electron chi connectivity index (χ2n) is 17.0. The summed E-state index contributed by atoms with van der Waals surface area (Å²) in [7, 11) is 0. The maximum atomic E-state index is 12.1. The van der Waals surface area contributed by atoms with Crippen molar-refractivity contribution < 1.29 is 9.53 Å². The molecule has 0 aliphatic heterocycles. The summed E-state index contributed by atoms with van der Waals surface area (Å²) in [5.41, 5.74) is 5.06. The van der Waals surface area contributed by atoms with Gasteiger partial charge in [-0.05, 0) is 57.7 Å². The lowest BCUT2D eigenvalue weighted by Crippen LogP contribution is -2.37. The molecule has 1 aromatic carbocycles. The molecule has 0 bridgehead atoms. The average Bonchev–Trinajstić information content (AvgIpc) is 3.19. The SMILES string of the molecule is CCCCCCCCCOC(=O)CCCCCCCN(CCCCCCCC(CCCCCCCC)CCCCCCCC)CCCNc1c(N)c(=O)c1=O. The number of nitrogen functional groups attached to an aromatic ring is 1. The minimum absolute atomic E-state index is 0.0302. The topological polar surface area (TPSA) is 102 Å². The minimum atomic E-state index is -0.560. The van der Waals surface area contributed by atoms with Crippen molar-refractivity contribution in [2.45, 2.75) is 239 Å². The number of unbranched alkanes of at least 4 members (excludes halogenated alkanes) is 24. The van der Waals surface area contributed by atoms with E-state index in [9.17, 15) is 14.4 Å². The summed E-state index contributed by atoms with van der Waals surface area (Å²) in [5.74, 6) is 0.909. The van der Waals surface area contributed by atoms with Crippen molar-refractivity contribution in [3.8, 4) is 0 Å². The van der Waals surface area contributed by atoms with Gasteiger partial charge in [0.25, 0.3) is 10.9 Å². The Balaban J connectivity index is 2.32. The van der Waals surface area contributed by atoms with Crippen LogP contribution in [0.3, 0.4) is 0 Å². The number of nitrogens with zero attached hydrogens (tertiary/aromatic N) is 1. The Morgan fingerprint density at radius 2 is 0.927 bits per heavy atom. The van der Waals surface area contributed by atoms with E-state index in [1.807, 2.05) is 0 Å². The number of hydrogen-bond donors (Lipinski definition) is 2. The number of anilines is 2. The van der Waals surface area contributed by atoms with E-state index in [0.29, 0.717) is 25.3 Å². The van der Waals surface area contributed by atoms with Gasteiger partial charge in [0, 0.05) is 13.0 Å². The van der Waals surface area contributed by atoms with Gasteiger partial charge < -0.3 is 20.7 Å². The molecule has 0 aliphatic carbocycles. The van der Waals surface area contributed by atoms with Crippen molar-refractivity contribution >= 4 is 17.3 Å². The standard InChI is InChI=1S/C48H91N3O4/c1-4-7-10-13-16-25-32-42-55-44(52)37-29-22-18-24-31-40-51(41-33-38-50-46-45(49)47(53)48(46)54)39-30-23-17-21-28-36-43(34-26-19-14-11-8-5-2)35-27-20-15-12-9-6-3/h43,50H,4-42,49H2,1-3H3. The van der Waals surface area contributed by atoms with E-state index in [1.54, 1.807) is 0 Å². The molecule has 0 fully saturated rings. The molecule has 55 heavy (non-hydrogen) atoms. The number of carbonyl (C=O) groups excluding carboxylic acids is 1. The molecule has 3 N–H and O–H groups in total. The third kappa shape index (κ3) is 29.1. The number of nitrogens with two attached hydrogens (primary N) is 1. The summed E-state index contributed by atoms with van der Waals surface area (Å²) in [6.45, 7) is 11.3. The monoisotopic (exact) mass is 774 g/mol. The highest BCUT2D eigenvalue weighted by atomic mass is 16.5. The lowest BCUT2D eigenvalue weighted by Gasteiger charge is -2.23. The average molecular weight is 774 g/mol. The van der Waals surface area contributed by atoms with Gasteiger partial charge in [-0.1, -0.05) is 201 Å². The Morgan fingerprint density at radius 1 is 0.527 bits per heavy atom. The first-order chi connectivity index (χ1) is 26.9. The number of ether oxygens (including phenoxy) is 1. The molecule has 0 saturated carbocycles. The molecule has 0 aromatic heterocycles. The van der Waals surface area contributed by atoms with Crippen LogP contribution in [0, 0.1) is 5.92 Å². The van der Waals surface area contributed by atoms with Gasteiger partial charge in [-0.2, -0.15) is 0 Å². The van der Waals surface area contributed by atoms with Gasteiger partial charge in [0.2, 0.25) is 0 Å². The molecule has 7 heteroatoms. The zero-order chi connectivity index (χ0) is 40.0. The van der Waals surface area contributed by atoms with Crippen LogP contribution in [0.5, 0.6) is 0 Å². The predicted molar refractivity (Wildman–Crippen MR) is 239 cm³/mol. The zero-order valence-corrected chi connectivity index (χ0v) is 36.8. The highest BCUT2D eigenvalue weighted by Gasteiger charge is 2.17. The van der Waals surface area contributed by atoms with Crippen molar-refractivity contribution in [2.75, 3.05) is 43.8 Å². The first kappa shape index (κ1) is 51.1. The van der Waals surface area contributed by atoms with Crippen molar-refractivity contribution in [2.24, 2.45) is 5.92 Å². The summed E-state index contributed by atoms with van der Waals surface area (Å²) in [6, 6.07) is 0. The molecule has 1 aromatic rings. The van der Waals surface area contributed by atoms with Crippen molar-refractivity contribution in [3.05, 3.63) is 20.4 Å². The molecule has 0 amide bonds. The van der Waals surface area contributed by atoms with E-state index >= 15 is 0 Å². The van der Waals surface area contributed by atoms with Crippen molar-refractivity contribution in [3.63, 3.8) is 0 Å². The van der Waals surface area contributed by atoms with Crippen LogP contribution >= 0.6 is 0 Å². The summed E-state index contributed by atoms with van der Waals surface area (Å²) >= 11 is 0. The highest BCUT2D eigenvalue weighted by molar-refractivity contribution is 5.71. The number of esters is 1. The summed E-state index contributed by atoms with van der Waals surface area (Å²) < 4.78 is 5.46. The zero-order valence-electron chi connectivity index (χ0n) is 36.8. The lowest BCUT2D eigenvalue weighted by atomic mass is 9.89. The maximum absolute atomic E-state index is 12.1. The summed E-state index contributed by atoms with van der Waals surface area (Å²) in [5, 5.41) is 3.10. The van der Waals surface area contributed by atoms with E-state index in [-0.39, 0.29) is 11.7 Å². The van der Waals surface area contributed by atoms with Gasteiger partial charge in [0.05, 0.1) is 6.61 Å².